The van der Waals surface area contributed by atoms with Crippen LogP contribution in [0.15, 0.2) is 6.07 Å². The largest absolute Gasteiger partial charge is 0.490 e. The number of hydrogen-bond acceptors (Lipinski definition) is 4. The summed E-state index contributed by atoms with van der Waals surface area (Å²) in [4.78, 5) is 8.90. The molecule has 1 aromatic heterocycles. The predicted molar refractivity (Wildman–Crippen MR) is 52.3 cm³/mol. The van der Waals surface area contributed by atoms with Gasteiger partial charge in [0.2, 0.25) is 0 Å². The lowest BCUT2D eigenvalue weighted by molar-refractivity contribution is -0.192. The number of carbonyl (C=O) groups is 1. The van der Waals surface area contributed by atoms with Crippen molar-refractivity contribution in [3.63, 3.8) is 0 Å². The molecule has 1 saturated heterocycles. The fraction of sp³-hybridized carbons (Fsp3) is 0.500. The average molecular weight is 252 g/mol. The molecule has 0 atom stereocenters. The zero-order chi connectivity index (χ0) is 13.1. The van der Waals surface area contributed by atoms with Crippen LogP contribution in [-0.4, -0.2) is 40.5 Å². The molecule has 0 saturated carbocycles. The first-order chi connectivity index (χ1) is 7.80. The third kappa shape index (κ3) is 3.94. The van der Waals surface area contributed by atoms with Crippen molar-refractivity contribution in [3.05, 3.63) is 11.8 Å². The Bertz CT molecular complexity index is 386. The fourth-order valence-corrected chi connectivity index (χ4v) is 1.07. The Morgan fingerprint density at radius 3 is 2.29 bits per heavy atom. The molecule has 6 nitrogen and oxygen atoms in total. The van der Waals surface area contributed by atoms with E-state index in [1.807, 2.05) is 6.07 Å². The van der Waals surface area contributed by atoms with E-state index < -0.39 is 12.1 Å². The number of carboxylic acids is 1. The normalized spacial score (nSPS) is 15.7. The van der Waals surface area contributed by atoms with E-state index in [1.54, 1.807) is 0 Å². The van der Waals surface area contributed by atoms with Gasteiger partial charge in [-0.2, -0.15) is 18.3 Å². The zero-order valence-corrected chi connectivity index (χ0v) is 8.58. The summed E-state index contributed by atoms with van der Waals surface area (Å²) in [5.41, 5.74) is 6.58. The molecule has 0 bridgehead atoms. The van der Waals surface area contributed by atoms with E-state index in [2.05, 4.69) is 15.5 Å². The molecule has 5 N–H and O–H groups in total. The van der Waals surface area contributed by atoms with Gasteiger partial charge in [0.05, 0.1) is 0 Å². The number of nitrogens with zero attached hydrogens (tertiary/aromatic N) is 1. The summed E-state index contributed by atoms with van der Waals surface area (Å²) >= 11 is 0. The maximum atomic E-state index is 10.6. The van der Waals surface area contributed by atoms with Gasteiger partial charge in [0.25, 0.3) is 0 Å². The Morgan fingerprint density at radius 1 is 1.53 bits per heavy atom. The molecule has 2 rings (SSSR count). The molecule has 1 aromatic rings. The van der Waals surface area contributed by atoms with Crippen LogP contribution >= 0.6 is 0 Å². The van der Waals surface area contributed by atoms with Gasteiger partial charge in [-0.15, -0.1) is 0 Å². The first-order valence-electron chi connectivity index (χ1n) is 4.62. The second-order valence-corrected chi connectivity index (χ2v) is 3.41. The van der Waals surface area contributed by atoms with Crippen LogP contribution in [0.5, 0.6) is 0 Å². The van der Waals surface area contributed by atoms with E-state index in [-0.39, 0.29) is 0 Å². The van der Waals surface area contributed by atoms with Gasteiger partial charge in [-0.25, -0.2) is 4.79 Å². The Balaban J connectivity index is 0.000000185. The van der Waals surface area contributed by atoms with Crippen LogP contribution < -0.4 is 11.1 Å². The minimum atomic E-state index is -5.08. The summed E-state index contributed by atoms with van der Waals surface area (Å²) in [5.74, 6) is -1.57. The average Bonchev–Trinajstić information content (AvgIpc) is 2.48. The highest BCUT2D eigenvalue weighted by molar-refractivity contribution is 5.73. The van der Waals surface area contributed by atoms with Crippen LogP contribution in [0.2, 0.25) is 0 Å². The first-order valence-corrected chi connectivity index (χ1v) is 4.62. The molecule has 0 amide bonds. The molecule has 1 fully saturated rings. The van der Waals surface area contributed by atoms with Crippen molar-refractivity contribution in [1.29, 1.82) is 0 Å². The molecule has 0 aliphatic carbocycles. The molecule has 2 heterocycles. The highest BCUT2D eigenvalue weighted by Gasteiger charge is 2.38. The van der Waals surface area contributed by atoms with Gasteiger partial charge in [0, 0.05) is 30.8 Å². The Labute approximate surface area is 94.0 Å². The summed E-state index contributed by atoms with van der Waals surface area (Å²) in [7, 11) is 0. The first kappa shape index (κ1) is 13.3. The number of halogens is 3. The number of aromatic amines is 1. The van der Waals surface area contributed by atoms with Crippen LogP contribution in [0.1, 0.15) is 11.6 Å². The smallest absolute Gasteiger partial charge is 0.475 e. The van der Waals surface area contributed by atoms with Gasteiger partial charge < -0.3 is 16.2 Å². The second-order valence-electron chi connectivity index (χ2n) is 3.41. The standard InChI is InChI=1S/C6H10N4.C2HF3O2/c7-6-1-5(9-10-6)4-2-8-3-4;3-2(4,5)1(6)7/h1,4,8H,2-3H2,(H3,7,9,10);(H,6,7). The van der Waals surface area contributed by atoms with Crippen LogP contribution in [0, 0.1) is 0 Å². The van der Waals surface area contributed by atoms with E-state index in [4.69, 9.17) is 15.6 Å². The lowest BCUT2D eigenvalue weighted by Crippen LogP contribution is -2.40. The quantitative estimate of drug-likeness (QED) is 0.576. The van der Waals surface area contributed by atoms with E-state index in [9.17, 15) is 13.2 Å². The molecule has 17 heavy (non-hydrogen) atoms. The molecule has 0 aromatic carbocycles. The van der Waals surface area contributed by atoms with Crippen molar-refractivity contribution in [2.45, 2.75) is 12.1 Å². The number of carboxylic acid groups (broad SMARTS) is 1. The lowest BCUT2D eigenvalue weighted by Gasteiger charge is -2.25. The number of nitrogens with one attached hydrogen (secondary N) is 2. The lowest BCUT2D eigenvalue weighted by atomic mass is 10.00. The molecule has 9 heteroatoms. The van der Waals surface area contributed by atoms with E-state index in [0.717, 1.165) is 18.8 Å². The van der Waals surface area contributed by atoms with Crippen molar-refractivity contribution in [3.8, 4) is 0 Å². The van der Waals surface area contributed by atoms with E-state index in [1.165, 1.54) is 0 Å². The Morgan fingerprint density at radius 2 is 2.06 bits per heavy atom. The predicted octanol–water partition coefficient (Wildman–Crippen LogP) is 0.312. The molecule has 96 valence electrons. The SMILES string of the molecule is Nc1cc(C2CNC2)[nH]n1.O=C(O)C(F)(F)F. The van der Waals surface area contributed by atoms with Gasteiger partial charge >= 0.3 is 12.1 Å². The van der Waals surface area contributed by atoms with Crippen molar-refractivity contribution in [2.24, 2.45) is 0 Å². The summed E-state index contributed by atoms with van der Waals surface area (Å²) in [6.45, 7) is 2.09. The highest BCUT2D eigenvalue weighted by atomic mass is 19.4. The number of anilines is 1. The van der Waals surface area contributed by atoms with E-state index in [0.29, 0.717) is 11.7 Å². The van der Waals surface area contributed by atoms with Crippen molar-refractivity contribution in [2.75, 3.05) is 18.8 Å². The molecule has 0 unspecified atom stereocenters. The molecule has 0 radical (unpaired) electrons. The minimum absolute atomic E-state index is 0.585. The summed E-state index contributed by atoms with van der Waals surface area (Å²) in [6, 6.07) is 1.89. The Kier molecular flexibility index (Phi) is 3.94. The molecule has 1 aliphatic heterocycles. The molecule has 0 spiro atoms. The van der Waals surface area contributed by atoms with Crippen molar-refractivity contribution < 1.29 is 23.1 Å². The van der Waals surface area contributed by atoms with Gasteiger partial charge in [-0.05, 0) is 0 Å². The van der Waals surface area contributed by atoms with Gasteiger partial charge in [-0.1, -0.05) is 0 Å². The third-order valence-corrected chi connectivity index (χ3v) is 2.08. The summed E-state index contributed by atoms with van der Waals surface area (Å²) < 4.78 is 31.7. The van der Waals surface area contributed by atoms with Crippen molar-refractivity contribution >= 4 is 11.8 Å². The monoisotopic (exact) mass is 252 g/mol. The van der Waals surface area contributed by atoms with Gasteiger partial charge in [0.15, 0.2) is 0 Å². The number of nitrogens with two attached hydrogens (primary N) is 1. The number of nitrogen functional groups attached to an aromatic ring is 1. The van der Waals surface area contributed by atoms with Crippen LogP contribution in [-0.2, 0) is 4.79 Å². The van der Waals surface area contributed by atoms with Crippen molar-refractivity contribution in [1.82, 2.24) is 15.5 Å². The van der Waals surface area contributed by atoms with Gasteiger partial charge in [0.1, 0.15) is 5.82 Å². The number of H-pyrrole nitrogens is 1. The number of aliphatic carboxylic acids is 1. The number of alkyl halides is 3. The maximum absolute atomic E-state index is 10.6. The minimum Gasteiger partial charge on any atom is -0.475 e. The summed E-state index contributed by atoms with van der Waals surface area (Å²) in [5, 5.41) is 17.0. The molecular weight excluding hydrogens is 241 g/mol. The van der Waals surface area contributed by atoms with E-state index >= 15 is 0 Å². The highest BCUT2D eigenvalue weighted by Crippen LogP contribution is 2.18. The third-order valence-electron chi connectivity index (χ3n) is 2.08. The molecular formula is C8H11F3N4O2. The molecule has 1 aliphatic rings. The van der Waals surface area contributed by atoms with Crippen LogP contribution in [0.4, 0.5) is 19.0 Å². The Hall–Kier alpha value is -1.77. The zero-order valence-electron chi connectivity index (χ0n) is 8.58. The number of aromatic nitrogens is 2. The maximum Gasteiger partial charge on any atom is 0.490 e. The van der Waals surface area contributed by atoms with Crippen LogP contribution in [0.25, 0.3) is 0 Å². The van der Waals surface area contributed by atoms with Gasteiger partial charge in [-0.3, -0.25) is 5.10 Å². The number of rotatable bonds is 1. The van der Waals surface area contributed by atoms with Crippen LogP contribution in [0.3, 0.4) is 0 Å². The summed E-state index contributed by atoms with van der Waals surface area (Å²) in [6.07, 6.45) is -5.08. The topological polar surface area (TPSA) is 104 Å². The fourth-order valence-electron chi connectivity index (χ4n) is 1.07. The second kappa shape index (κ2) is 5.04. The number of hydrogen-bond donors (Lipinski definition) is 4.